The van der Waals surface area contributed by atoms with Crippen molar-refractivity contribution in [1.29, 1.82) is 0 Å². The number of piperidine rings is 1. The minimum absolute atomic E-state index is 0. The Morgan fingerprint density at radius 1 is 1.08 bits per heavy atom. The fourth-order valence-electron chi connectivity index (χ4n) is 3.43. The van der Waals surface area contributed by atoms with Gasteiger partial charge in [-0.3, -0.25) is 4.79 Å². The van der Waals surface area contributed by atoms with Crippen LogP contribution in [0, 0.1) is 0 Å². The molecular weight excluding hydrogens is 341 g/mol. The lowest BCUT2D eigenvalue weighted by atomic mass is 9.88. The molecule has 1 aromatic rings. The first kappa shape index (κ1) is 19.1. The Bertz CT molecular complexity index is 580. The molecule has 1 amide bonds. The predicted octanol–water partition coefficient (Wildman–Crippen LogP) is 3.83. The van der Waals surface area contributed by atoms with Gasteiger partial charge in [-0.05, 0) is 68.5 Å². The van der Waals surface area contributed by atoms with E-state index >= 15 is 0 Å². The highest BCUT2D eigenvalue weighted by Crippen LogP contribution is 2.35. The molecule has 2 aliphatic heterocycles. The van der Waals surface area contributed by atoms with Crippen LogP contribution < -0.4 is 5.32 Å². The van der Waals surface area contributed by atoms with E-state index in [0.29, 0.717) is 18.7 Å². The second kappa shape index (κ2) is 7.74. The maximum absolute atomic E-state index is 13.2. The van der Waals surface area contributed by atoms with E-state index in [-0.39, 0.29) is 29.8 Å². The van der Waals surface area contributed by atoms with E-state index in [1.54, 1.807) is 11.0 Å². The van der Waals surface area contributed by atoms with Crippen molar-refractivity contribution in [2.45, 2.75) is 37.8 Å². The molecule has 1 aromatic carbocycles. The van der Waals surface area contributed by atoms with Gasteiger partial charge >= 0.3 is 6.18 Å². The average Bonchev–Trinajstić information content (AvgIpc) is 3.08. The molecule has 134 valence electrons. The van der Waals surface area contributed by atoms with Crippen molar-refractivity contribution in [3.05, 3.63) is 34.9 Å². The van der Waals surface area contributed by atoms with Crippen LogP contribution in [0.5, 0.6) is 0 Å². The first-order chi connectivity index (χ1) is 10.9. The highest BCUT2D eigenvalue weighted by molar-refractivity contribution is 5.94. The van der Waals surface area contributed by atoms with Crippen molar-refractivity contribution in [1.82, 2.24) is 10.2 Å². The SMILES string of the molecule is Cl.O=C(c1cc(C2CCNCC2)cc(C(F)(F)F)c1)N1CCCC1. The van der Waals surface area contributed by atoms with Crippen LogP contribution in [0.1, 0.15) is 53.1 Å². The number of nitrogens with zero attached hydrogens (tertiary/aromatic N) is 1. The molecule has 2 heterocycles. The lowest BCUT2D eigenvalue weighted by Gasteiger charge is -2.25. The number of carbonyl (C=O) groups excluding carboxylic acids is 1. The molecule has 1 N–H and O–H groups in total. The third-order valence-electron chi connectivity index (χ3n) is 4.73. The fourth-order valence-corrected chi connectivity index (χ4v) is 3.43. The van der Waals surface area contributed by atoms with Crippen molar-refractivity contribution in [2.24, 2.45) is 0 Å². The van der Waals surface area contributed by atoms with Crippen LogP contribution in [0.4, 0.5) is 13.2 Å². The molecule has 3 rings (SSSR count). The normalized spacial score (nSPS) is 19.2. The predicted molar refractivity (Wildman–Crippen MR) is 88.7 cm³/mol. The van der Waals surface area contributed by atoms with Crippen LogP contribution in [0.2, 0.25) is 0 Å². The van der Waals surface area contributed by atoms with Gasteiger partial charge in [0.25, 0.3) is 5.91 Å². The van der Waals surface area contributed by atoms with Crippen LogP contribution in [-0.4, -0.2) is 37.0 Å². The summed E-state index contributed by atoms with van der Waals surface area (Å²) >= 11 is 0. The Labute approximate surface area is 146 Å². The minimum atomic E-state index is -4.43. The summed E-state index contributed by atoms with van der Waals surface area (Å²) in [4.78, 5) is 14.2. The summed E-state index contributed by atoms with van der Waals surface area (Å²) in [5.41, 5.74) is 0.107. The smallest absolute Gasteiger partial charge is 0.339 e. The van der Waals surface area contributed by atoms with Crippen LogP contribution in [0.15, 0.2) is 18.2 Å². The zero-order chi connectivity index (χ0) is 16.4. The average molecular weight is 363 g/mol. The molecular formula is C17H22ClF3N2O. The van der Waals surface area contributed by atoms with E-state index in [1.807, 2.05) is 0 Å². The Morgan fingerprint density at radius 3 is 2.29 bits per heavy atom. The third-order valence-corrected chi connectivity index (χ3v) is 4.73. The Kier molecular flexibility index (Phi) is 6.15. The second-order valence-corrected chi connectivity index (χ2v) is 6.37. The van der Waals surface area contributed by atoms with Crippen molar-refractivity contribution in [2.75, 3.05) is 26.2 Å². The molecule has 0 spiro atoms. The lowest BCUT2D eigenvalue weighted by molar-refractivity contribution is -0.137. The van der Waals surface area contributed by atoms with Crippen molar-refractivity contribution in [3.8, 4) is 0 Å². The van der Waals surface area contributed by atoms with Crippen LogP contribution in [0.3, 0.4) is 0 Å². The maximum Gasteiger partial charge on any atom is 0.416 e. The zero-order valence-electron chi connectivity index (χ0n) is 13.4. The number of hydrogen-bond donors (Lipinski definition) is 1. The highest BCUT2D eigenvalue weighted by atomic mass is 35.5. The Balaban J connectivity index is 0.00000208. The molecule has 2 saturated heterocycles. The molecule has 24 heavy (non-hydrogen) atoms. The summed E-state index contributed by atoms with van der Waals surface area (Å²) < 4.78 is 39.7. The summed E-state index contributed by atoms with van der Waals surface area (Å²) in [7, 11) is 0. The van der Waals surface area contributed by atoms with Crippen LogP contribution in [0.25, 0.3) is 0 Å². The maximum atomic E-state index is 13.2. The number of benzene rings is 1. The molecule has 0 unspecified atom stereocenters. The molecule has 2 fully saturated rings. The quantitative estimate of drug-likeness (QED) is 0.867. The molecule has 0 saturated carbocycles. The summed E-state index contributed by atoms with van der Waals surface area (Å²) in [5.74, 6) is -0.188. The van der Waals surface area contributed by atoms with Gasteiger partial charge in [-0.1, -0.05) is 0 Å². The van der Waals surface area contributed by atoms with Gasteiger partial charge in [0.15, 0.2) is 0 Å². The molecule has 3 nitrogen and oxygen atoms in total. The van der Waals surface area contributed by atoms with Gasteiger partial charge < -0.3 is 10.2 Å². The van der Waals surface area contributed by atoms with Crippen molar-refractivity contribution in [3.63, 3.8) is 0 Å². The van der Waals surface area contributed by atoms with Crippen LogP contribution >= 0.6 is 12.4 Å². The molecule has 7 heteroatoms. The number of nitrogens with one attached hydrogen (secondary N) is 1. The molecule has 0 aliphatic carbocycles. The fraction of sp³-hybridized carbons (Fsp3) is 0.588. The molecule has 0 aromatic heterocycles. The van der Waals surface area contributed by atoms with E-state index in [4.69, 9.17) is 0 Å². The number of carbonyl (C=O) groups is 1. The Morgan fingerprint density at radius 2 is 1.71 bits per heavy atom. The monoisotopic (exact) mass is 362 g/mol. The van der Waals surface area contributed by atoms with E-state index in [0.717, 1.165) is 44.8 Å². The van der Waals surface area contributed by atoms with E-state index in [9.17, 15) is 18.0 Å². The van der Waals surface area contributed by atoms with E-state index < -0.39 is 11.7 Å². The Hall–Kier alpha value is -1.27. The van der Waals surface area contributed by atoms with Crippen LogP contribution in [-0.2, 0) is 6.18 Å². The number of likely N-dealkylation sites (tertiary alicyclic amines) is 1. The summed E-state index contributed by atoms with van der Waals surface area (Å²) in [5, 5.41) is 3.21. The van der Waals surface area contributed by atoms with Gasteiger partial charge in [-0.25, -0.2) is 0 Å². The highest BCUT2D eigenvalue weighted by Gasteiger charge is 2.33. The molecule has 2 aliphatic rings. The number of alkyl halides is 3. The standard InChI is InChI=1S/C17H21F3N2O.ClH/c18-17(19,20)15-10-13(12-3-5-21-6-4-12)9-14(11-15)16(23)22-7-1-2-8-22;/h9-12,21H,1-8H2;1H. The second-order valence-electron chi connectivity index (χ2n) is 6.37. The summed E-state index contributed by atoms with van der Waals surface area (Å²) in [6.45, 7) is 2.88. The van der Waals surface area contributed by atoms with Gasteiger partial charge in [0.1, 0.15) is 0 Å². The third kappa shape index (κ3) is 4.22. The molecule has 0 bridgehead atoms. The summed E-state index contributed by atoms with van der Waals surface area (Å²) in [6, 6.07) is 3.90. The largest absolute Gasteiger partial charge is 0.416 e. The summed E-state index contributed by atoms with van der Waals surface area (Å²) in [6.07, 6.45) is -0.974. The zero-order valence-corrected chi connectivity index (χ0v) is 14.2. The van der Waals surface area contributed by atoms with Gasteiger partial charge in [-0.15, -0.1) is 12.4 Å². The van der Waals surface area contributed by atoms with E-state index in [1.165, 1.54) is 6.07 Å². The number of halogens is 4. The van der Waals surface area contributed by atoms with Gasteiger partial charge in [-0.2, -0.15) is 13.2 Å². The molecule has 0 radical (unpaired) electrons. The number of hydrogen-bond acceptors (Lipinski definition) is 2. The van der Waals surface area contributed by atoms with Crippen molar-refractivity contribution >= 4 is 18.3 Å². The molecule has 0 atom stereocenters. The number of amides is 1. The first-order valence-electron chi connectivity index (χ1n) is 8.17. The van der Waals surface area contributed by atoms with Gasteiger partial charge in [0.2, 0.25) is 0 Å². The first-order valence-corrected chi connectivity index (χ1v) is 8.17. The van der Waals surface area contributed by atoms with Gasteiger partial charge in [0, 0.05) is 18.7 Å². The van der Waals surface area contributed by atoms with E-state index in [2.05, 4.69) is 5.32 Å². The topological polar surface area (TPSA) is 32.3 Å². The number of rotatable bonds is 2. The van der Waals surface area contributed by atoms with Gasteiger partial charge in [0.05, 0.1) is 5.56 Å². The van der Waals surface area contributed by atoms with Crippen molar-refractivity contribution < 1.29 is 18.0 Å². The minimum Gasteiger partial charge on any atom is -0.339 e. The lowest BCUT2D eigenvalue weighted by Crippen LogP contribution is -2.29.